The molecule has 1 N–H and O–H groups in total. The molecule has 4 aromatic heterocycles. The molecule has 4 aromatic rings. The highest BCUT2D eigenvalue weighted by atomic mass is 16.1. The second-order valence-corrected chi connectivity index (χ2v) is 10.2. The van der Waals surface area contributed by atoms with Gasteiger partial charge in [-0.05, 0) is 47.8 Å². The SMILES string of the molecule is BC1(B)CCC(B)(B)N1c1cc(C(=O)Nc2cc3nc(-c4cncn4C)ccc3cn2)ccn1. The third-order valence-electron chi connectivity index (χ3n) is 6.69. The summed E-state index contributed by atoms with van der Waals surface area (Å²) in [4.78, 5) is 33.4. The fraction of sp³-hybridized carbons (Fsp3) is 0.227. The zero-order chi connectivity index (χ0) is 24.1. The Labute approximate surface area is 202 Å². The van der Waals surface area contributed by atoms with Gasteiger partial charge in [0.25, 0.3) is 5.91 Å². The first kappa shape index (κ1) is 22.3. The molecule has 1 amide bonds. The molecule has 0 saturated carbocycles. The molecule has 1 saturated heterocycles. The molecule has 12 heteroatoms. The van der Waals surface area contributed by atoms with Crippen molar-refractivity contribution in [1.29, 1.82) is 0 Å². The molecule has 166 valence electrons. The molecule has 0 bridgehead atoms. The van der Waals surface area contributed by atoms with Crippen LogP contribution in [0.25, 0.3) is 22.3 Å². The fourth-order valence-corrected chi connectivity index (χ4v) is 4.98. The number of aromatic nitrogens is 5. The molecule has 0 aromatic carbocycles. The van der Waals surface area contributed by atoms with Gasteiger partial charge in [0.05, 0.1) is 29.4 Å². The number of hydrogen-bond acceptors (Lipinski definition) is 6. The Bertz CT molecular complexity index is 1390. The molecular formula is C22H25B4N7O. The normalized spacial score (nSPS) is 16.6. The van der Waals surface area contributed by atoms with Crippen LogP contribution in [0, 0.1) is 0 Å². The lowest BCUT2D eigenvalue weighted by Crippen LogP contribution is -2.56. The minimum absolute atomic E-state index is 0.0251. The summed E-state index contributed by atoms with van der Waals surface area (Å²) in [5, 5.41) is 3.77. The summed E-state index contributed by atoms with van der Waals surface area (Å²) in [6, 6.07) is 9.30. The summed E-state index contributed by atoms with van der Waals surface area (Å²) >= 11 is 0. The average molecular weight is 447 g/mol. The molecule has 5 rings (SSSR count). The van der Waals surface area contributed by atoms with Crippen molar-refractivity contribution in [2.75, 3.05) is 10.2 Å². The average Bonchev–Trinajstić information content (AvgIpc) is 3.32. The van der Waals surface area contributed by atoms with Crippen LogP contribution in [0.4, 0.5) is 11.6 Å². The maximum atomic E-state index is 13.1. The largest absolute Gasteiger partial charge is 0.377 e. The number of pyridine rings is 3. The number of nitrogens with one attached hydrogen (secondary N) is 1. The Balaban J connectivity index is 1.42. The van der Waals surface area contributed by atoms with Gasteiger partial charge in [-0.2, -0.15) is 0 Å². The monoisotopic (exact) mass is 447 g/mol. The highest BCUT2D eigenvalue weighted by Crippen LogP contribution is 2.37. The lowest BCUT2D eigenvalue weighted by molar-refractivity contribution is 0.102. The van der Waals surface area contributed by atoms with E-state index in [-0.39, 0.29) is 16.6 Å². The first-order chi connectivity index (χ1) is 16.1. The van der Waals surface area contributed by atoms with Crippen molar-refractivity contribution >= 4 is 59.8 Å². The Morgan fingerprint density at radius 3 is 2.50 bits per heavy atom. The van der Waals surface area contributed by atoms with E-state index in [0.29, 0.717) is 11.4 Å². The van der Waals surface area contributed by atoms with Crippen molar-refractivity contribution < 1.29 is 4.79 Å². The smallest absolute Gasteiger partial charge is 0.257 e. The third kappa shape index (κ3) is 3.97. The molecular weight excluding hydrogens is 422 g/mol. The van der Waals surface area contributed by atoms with Crippen LogP contribution in [-0.2, 0) is 7.05 Å². The van der Waals surface area contributed by atoms with E-state index in [1.54, 1.807) is 37.1 Å². The molecule has 1 aliphatic heterocycles. The highest BCUT2D eigenvalue weighted by Gasteiger charge is 2.44. The van der Waals surface area contributed by atoms with Crippen molar-refractivity contribution in [2.24, 2.45) is 7.05 Å². The number of fused-ring (bicyclic) bond motifs is 1. The first-order valence-corrected chi connectivity index (χ1v) is 11.5. The number of aryl methyl sites for hydroxylation is 1. The Kier molecular flexibility index (Phi) is 5.26. The van der Waals surface area contributed by atoms with Crippen LogP contribution >= 0.6 is 0 Å². The van der Waals surface area contributed by atoms with Crippen molar-refractivity contribution in [2.45, 2.75) is 23.5 Å². The summed E-state index contributed by atoms with van der Waals surface area (Å²) in [5.41, 5.74) is 3.02. The number of anilines is 2. The minimum atomic E-state index is -0.229. The first-order valence-electron chi connectivity index (χ1n) is 11.5. The van der Waals surface area contributed by atoms with Crippen LogP contribution in [0.3, 0.4) is 0 Å². The zero-order valence-electron chi connectivity index (χ0n) is 20.2. The summed E-state index contributed by atoms with van der Waals surface area (Å²) in [6.45, 7) is 0. The van der Waals surface area contributed by atoms with Crippen molar-refractivity contribution in [3.63, 3.8) is 0 Å². The number of carbonyl (C=O) groups is 1. The number of amides is 1. The van der Waals surface area contributed by atoms with E-state index in [2.05, 4.69) is 56.6 Å². The second kappa shape index (κ2) is 8.04. The van der Waals surface area contributed by atoms with Gasteiger partial charge < -0.3 is 14.8 Å². The van der Waals surface area contributed by atoms with E-state index >= 15 is 0 Å². The Morgan fingerprint density at radius 1 is 1.03 bits per heavy atom. The van der Waals surface area contributed by atoms with E-state index in [1.165, 1.54) is 0 Å². The Morgan fingerprint density at radius 2 is 1.79 bits per heavy atom. The van der Waals surface area contributed by atoms with E-state index in [4.69, 9.17) is 4.98 Å². The predicted molar refractivity (Wildman–Crippen MR) is 145 cm³/mol. The van der Waals surface area contributed by atoms with Crippen LogP contribution in [0.15, 0.2) is 55.2 Å². The van der Waals surface area contributed by atoms with E-state index in [9.17, 15) is 4.79 Å². The van der Waals surface area contributed by atoms with Gasteiger partial charge in [0.1, 0.15) is 43.0 Å². The topological polar surface area (TPSA) is 88.8 Å². The number of imidazole rings is 1. The maximum absolute atomic E-state index is 13.1. The molecule has 0 unspecified atom stereocenters. The van der Waals surface area contributed by atoms with Crippen molar-refractivity contribution in [1.82, 2.24) is 24.5 Å². The standard InChI is InChI=1S/C22H25B4N7O/c1-32-12-27-11-17(32)15-3-2-14-10-29-18(9-16(14)30-15)31-20(34)13-4-7-28-19(8-13)33-21(23,24)5-6-22(33,25)26/h2-4,7-12H,5-6,23-26H2,1H3,(H,29,31,34). The summed E-state index contributed by atoms with van der Waals surface area (Å²) in [5.74, 6) is 1.04. The van der Waals surface area contributed by atoms with E-state index < -0.39 is 0 Å². The molecule has 0 aliphatic carbocycles. The van der Waals surface area contributed by atoms with Crippen molar-refractivity contribution in [3.05, 3.63) is 60.8 Å². The molecule has 0 atom stereocenters. The van der Waals surface area contributed by atoms with Crippen LogP contribution < -0.4 is 10.2 Å². The predicted octanol–water partition coefficient (Wildman–Crippen LogP) is -0.882. The molecule has 34 heavy (non-hydrogen) atoms. The molecule has 8 nitrogen and oxygen atoms in total. The fourth-order valence-electron chi connectivity index (χ4n) is 4.98. The Hall–Kier alpha value is -3.55. The second-order valence-electron chi connectivity index (χ2n) is 10.2. The summed E-state index contributed by atoms with van der Waals surface area (Å²) in [7, 11) is 10.8. The lowest BCUT2D eigenvalue weighted by Gasteiger charge is -2.43. The summed E-state index contributed by atoms with van der Waals surface area (Å²) in [6.07, 6.45) is 9.09. The number of hydrogen-bond donors (Lipinski definition) is 1. The van der Waals surface area contributed by atoms with Crippen LogP contribution in [0.5, 0.6) is 0 Å². The summed E-state index contributed by atoms with van der Waals surface area (Å²) < 4.78 is 1.92. The van der Waals surface area contributed by atoms with E-state index in [0.717, 1.165) is 41.0 Å². The van der Waals surface area contributed by atoms with Crippen LogP contribution in [-0.4, -0.2) is 72.5 Å². The molecule has 1 aliphatic rings. The van der Waals surface area contributed by atoms with Gasteiger partial charge >= 0.3 is 0 Å². The third-order valence-corrected chi connectivity index (χ3v) is 6.69. The van der Waals surface area contributed by atoms with Crippen LogP contribution in [0.2, 0.25) is 0 Å². The van der Waals surface area contributed by atoms with Gasteiger partial charge in [-0.1, -0.05) is 0 Å². The lowest BCUT2D eigenvalue weighted by atomic mass is 9.58. The quantitative estimate of drug-likeness (QED) is 0.410. The number of nitrogens with zero attached hydrogens (tertiary/aromatic N) is 6. The van der Waals surface area contributed by atoms with Gasteiger partial charge in [0, 0.05) is 36.5 Å². The number of carbonyl (C=O) groups excluding carboxylic acids is 1. The molecule has 0 spiro atoms. The van der Waals surface area contributed by atoms with Gasteiger partial charge in [0.2, 0.25) is 0 Å². The number of rotatable bonds is 4. The molecule has 5 heterocycles. The van der Waals surface area contributed by atoms with Gasteiger partial charge in [-0.25, -0.2) is 19.9 Å². The zero-order valence-corrected chi connectivity index (χ0v) is 20.2. The highest BCUT2D eigenvalue weighted by molar-refractivity contribution is 6.48. The maximum Gasteiger partial charge on any atom is 0.257 e. The van der Waals surface area contributed by atoms with Gasteiger partial charge in [-0.15, -0.1) is 0 Å². The van der Waals surface area contributed by atoms with Crippen molar-refractivity contribution in [3.8, 4) is 11.4 Å². The van der Waals surface area contributed by atoms with Crippen LogP contribution in [0.1, 0.15) is 23.2 Å². The van der Waals surface area contributed by atoms with Gasteiger partial charge in [0.15, 0.2) is 0 Å². The molecule has 0 radical (unpaired) electrons. The van der Waals surface area contributed by atoms with Gasteiger partial charge in [-0.3, -0.25) is 4.79 Å². The minimum Gasteiger partial charge on any atom is -0.377 e. The van der Waals surface area contributed by atoms with E-state index in [1.807, 2.05) is 29.8 Å². The molecule has 1 fully saturated rings.